The maximum absolute atomic E-state index is 12.8. The van der Waals surface area contributed by atoms with Crippen LogP contribution in [0.15, 0.2) is 273 Å². The molecule has 10 N–H and O–H groups in total. The van der Waals surface area contributed by atoms with E-state index in [2.05, 4.69) is 144 Å². The number of pyridine rings is 3. The third kappa shape index (κ3) is 22.5. The van der Waals surface area contributed by atoms with Crippen molar-refractivity contribution in [3.05, 3.63) is 247 Å². The Morgan fingerprint density at radius 2 is 0.735 bits per heavy atom. The van der Waals surface area contributed by atoms with Gasteiger partial charge in [-0.3, -0.25) is 16.8 Å². The van der Waals surface area contributed by atoms with Gasteiger partial charge in [0, 0.05) is 83.5 Å². The fourth-order valence-corrected chi connectivity index (χ4v) is 30.3. The van der Waals surface area contributed by atoms with E-state index in [9.17, 15) is 16.8 Å². The molecule has 0 spiro atoms. The Morgan fingerprint density at radius 1 is 0.382 bits per heavy atom. The number of thioether (sulfide) groups is 1. The minimum atomic E-state index is -1.16. The van der Waals surface area contributed by atoms with Gasteiger partial charge >= 0.3 is 0 Å². The summed E-state index contributed by atoms with van der Waals surface area (Å²) >= 11 is 14.3. The van der Waals surface area contributed by atoms with Crippen molar-refractivity contribution in [3.8, 4) is 111 Å². The lowest BCUT2D eigenvalue weighted by Gasteiger charge is -2.08. The van der Waals surface area contributed by atoms with Crippen LogP contribution in [-0.4, -0.2) is 109 Å². The number of anilines is 5. The van der Waals surface area contributed by atoms with Gasteiger partial charge < -0.3 is 42.4 Å². The highest BCUT2D eigenvalue weighted by atomic mass is 32.2. The first-order valence-corrected chi connectivity index (χ1v) is 57.2. The van der Waals surface area contributed by atoms with E-state index in [-0.39, 0.29) is 0 Å². The van der Waals surface area contributed by atoms with Crippen LogP contribution in [0.5, 0.6) is 0 Å². The molecule has 4 atom stereocenters. The second-order valence-electron chi connectivity index (χ2n) is 31.2. The molecule has 0 bridgehead atoms. The van der Waals surface area contributed by atoms with E-state index in [0.29, 0.717) is 98.7 Å². The first kappa shape index (κ1) is 98.0. The number of nitrogen functional groups attached to an aromatic ring is 5. The lowest BCUT2D eigenvalue weighted by atomic mass is 10.0. The Hall–Kier alpha value is -11.1. The molecule has 21 nitrogen and oxygen atoms in total. The average molecular weight is 2050 g/mol. The van der Waals surface area contributed by atoms with Crippen LogP contribution in [0.4, 0.5) is 28.4 Å². The van der Waals surface area contributed by atoms with Gasteiger partial charge in [0.15, 0.2) is 23.9 Å². The monoisotopic (exact) mass is 2050 g/mol. The summed E-state index contributed by atoms with van der Waals surface area (Å²) in [4.78, 5) is 49.6. The molecule has 0 aliphatic heterocycles. The number of benzene rings is 5. The van der Waals surface area contributed by atoms with Gasteiger partial charge in [0.2, 0.25) is 0 Å². The number of imidazole rings is 1. The van der Waals surface area contributed by atoms with Crippen LogP contribution in [0.25, 0.3) is 162 Å². The molecule has 0 radical (unpaired) electrons. The molecule has 0 saturated heterocycles. The van der Waals surface area contributed by atoms with Gasteiger partial charge in [0.25, 0.3) is 0 Å². The molecule has 20 aromatic rings. The van der Waals surface area contributed by atoms with Crippen molar-refractivity contribution in [1.29, 1.82) is 0 Å². The number of methoxy groups -OCH3 is 1. The van der Waals surface area contributed by atoms with Gasteiger partial charge in [0.05, 0.1) is 130 Å². The summed E-state index contributed by atoms with van der Waals surface area (Å²) in [6.45, 7) is 9.08. The minimum absolute atomic E-state index is 0.460. The molecule has 0 aliphatic carbocycles. The highest BCUT2D eigenvalue weighted by Crippen LogP contribution is 2.50. The van der Waals surface area contributed by atoms with Crippen molar-refractivity contribution in [2.24, 2.45) is 7.05 Å². The number of unbranched alkanes of at least 4 members (excludes halogenated alkanes) is 4. The van der Waals surface area contributed by atoms with E-state index >= 15 is 0 Å². The lowest BCUT2D eigenvalue weighted by molar-refractivity contribution is 0.200. The number of rotatable bonds is 31. The Kier molecular flexibility index (Phi) is 33.8. The molecule has 15 heterocycles. The number of hydrogen-bond donors (Lipinski definition) is 5. The molecule has 0 amide bonds. The van der Waals surface area contributed by atoms with Crippen molar-refractivity contribution in [3.63, 3.8) is 0 Å². The molecule has 5 aromatic carbocycles. The lowest BCUT2D eigenvalue weighted by Crippen LogP contribution is -2.02. The fraction of sp³-hybridized carbons (Fsp3) is 0.206. The highest BCUT2D eigenvalue weighted by Gasteiger charge is 2.29. The first-order chi connectivity index (χ1) is 66.4. The van der Waals surface area contributed by atoms with E-state index in [1.54, 1.807) is 58.7 Å². The predicted octanol–water partition coefficient (Wildman–Crippen LogP) is 27.5. The summed E-state index contributed by atoms with van der Waals surface area (Å²) in [5, 5.41) is 10.6. The zero-order valence-corrected chi connectivity index (χ0v) is 86.0. The minimum Gasteiger partial charge on any atom is -0.451 e. The van der Waals surface area contributed by atoms with Crippen LogP contribution >= 0.6 is 102 Å². The zero-order chi connectivity index (χ0) is 94.7. The van der Waals surface area contributed by atoms with Crippen LogP contribution in [0.3, 0.4) is 0 Å². The Balaban J connectivity index is 0.000000123. The topological polar surface area (TPSA) is 342 Å². The molecule has 0 saturated carbocycles. The quantitative estimate of drug-likeness (QED) is 0.0199. The molecular formula is C102H99N15O6S13. The Labute approximate surface area is 835 Å². The molecular weight excluding hydrogens is 1950 g/mol. The number of hydrogen-bond acceptors (Lipinski definition) is 29. The van der Waals surface area contributed by atoms with Crippen LogP contribution in [0, 0.1) is 0 Å². The largest absolute Gasteiger partial charge is 0.451 e. The van der Waals surface area contributed by atoms with Crippen molar-refractivity contribution in [2.75, 3.05) is 71.1 Å². The third-order valence-electron chi connectivity index (χ3n) is 21.7. The predicted molar refractivity (Wildman–Crippen MR) is 583 cm³/mol. The highest BCUT2D eigenvalue weighted by molar-refractivity contribution is 8.01. The number of aryl methyl sites for hydroxylation is 1. The van der Waals surface area contributed by atoms with Gasteiger partial charge in [-0.05, 0) is 124 Å². The number of nitrogens with two attached hydrogens (primary N) is 5. The van der Waals surface area contributed by atoms with Crippen molar-refractivity contribution in [2.45, 2.75) is 107 Å². The fourth-order valence-electron chi connectivity index (χ4n) is 14.8. The summed E-state index contributed by atoms with van der Waals surface area (Å²) in [5.41, 5.74) is 49.0. The zero-order valence-electron chi connectivity index (χ0n) is 75.4. The first-order valence-electron chi connectivity index (χ1n) is 44.2. The summed E-state index contributed by atoms with van der Waals surface area (Å²) in [5.74, 6) is 5.15. The van der Waals surface area contributed by atoms with Crippen LogP contribution in [0.2, 0.25) is 0 Å². The van der Waals surface area contributed by atoms with Gasteiger partial charge in [-0.15, -0.1) is 102 Å². The molecule has 0 fully saturated rings. The summed E-state index contributed by atoms with van der Waals surface area (Å²) < 4.78 is 67.2. The molecule has 15 aromatic heterocycles. The molecule has 20 rings (SSSR count). The number of nitrogens with zero attached hydrogens (tertiary/aromatic N) is 10. The second kappa shape index (κ2) is 46.9. The van der Waals surface area contributed by atoms with Crippen LogP contribution in [0.1, 0.15) is 85.5 Å². The second-order valence-corrected chi connectivity index (χ2v) is 47.4. The molecule has 136 heavy (non-hydrogen) atoms. The van der Waals surface area contributed by atoms with Gasteiger partial charge in [-0.2, -0.15) is 0 Å². The number of oxazole rings is 1. The van der Waals surface area contributed by atoms with Gasteiger partial charge in [-0.25, -0.2) is 44.9 Å². The van der Waals surface area contributed by atoms with Crippen molar-refractivity contribution >= 4 is 225 Å². The van der Waals surface area contributed by atoms with E-state index in [4.69, 9.17) is 67.7 Å². The smallest absolute Gasteiger partial charge is 0.197 e. The maximum Gasteiger partial charge on any atom is 0.197 e. The third-order valence-corrected chi connectivity index (χ3v) is 38.9. The summed E-state index contributed by atoms with van der Waals surface area (Å²) in [6, 6.07) is 69.3. The van der Waals surface area contributed by atoms with E-state index in [1.807, 2.05) is 150 Å². The van der Waals surface area contributed by atoms with E-state index in [1.165, 1.54) is 91.1 Å². The van der Waals surface area contributed by atoms with Crippen LogP contribution in [-0.2, 0) is 55.0 Å². The number of thiophene rings is 8. The van der Waals surface area contributed by atoms with Crippen molar-refractivity contribution in [1.82, 2.24) is 49.4 Å². The number of aromatic nitrogens is 10. The average Bonchev–Trinajstić information content (AvgIpc) is 1.62. The SMILES string of the molecule is CCCCS(=O)c1sc2nc(-c3cccs3)cc(-c3ccccc3)c2c1N.CCCCS(=O)c1sc2nc(-c3cocn3)nc(-c3ccccc3)c2c1N.CCCCS(=O)c1sc2nc(-c3nccn3C)nc(-c3ccccc3)c2c1N.CCCCSc1sc2nc(-c3cccs3)cc(-c3ccccc3)c2c1N.COCCCS(=O)c1sc2nc(-c3cccs3)cc(-c3ccccc3)c2c1N. The number of fused-ring (bicyclic) bond motifs is 5. The number of ether oxygens (including phenoxy) is 1. The molecule has 34 heteroatoms. The summed E-state index contributed by atoms with van der Waals surface area (Å²) in [6.07, 6.45) is 15.3. The maximum atomic E-state index is 12.8. The van der Waals surface area contributed by atoms with Crippen LogP contribution < -0.4 is 28.7 Å². The van der Waals surface area contributed by atoms with Gasteiger partial charge in [-0.1, -0.05) is 223 Å². The summed E-state index contributed by atoms with van der Waals surface area (Å²) in [7, 11) is -0.959. The standard InChI is InChI=1S/C21H20N2O2S3.C21H20N2OS3.C21H20N2S3.C20H21N5OS2.C19H18N4O2S2/c1-25-10-6-12-28(24)21-19(22)18-15(14-7-3-2-4-8-14)13-16(23-20(18)27-21)17-9-5-11-26-17;1-2-3-12-27(24)21-19(22)18-15(14-8-5-4-6-9-14)13-16(23-20(18)26-21)17-10-7-11-25-17;1-2-3-11-25-21-19(22)18-15(14-8-5-4-6-9-14)13-16(23-20(18)26-21)17-10-7-12-24-17;1-3-4-12-28(26)20-15(21)14-16(13-8-6-5-7-9-13)23-17(24-19(14)27-20)18-22-10-11-25(18)2;1-2-3-9-27(24)19-15(20)14-16(12-7-5-4-6-8-12)22-17(23-18(14)26-19)13-10-25-11-21-13/h2-5,7-9,11,13H,6,10,12,22H2,1H3;4-11,13H,2-3,12,22H2,1H3;4-10,12-13H,2-3,11,22H2,1H3;5-11H,3-4,12,21H2,1-2H3;4-8,10-11H,2-3,9,20H2,1H3. The Bertz CT molecular complexity index is 7320. The van der Waals surface area contributed by atoms with Crippen molar-refractivity contribution < 1.29 is 26.0 Å². The molecule has 0 aliphatic rings. The van der Waals surface area contributed by atoms with E-state index in [0.717, 1.165) is 173 Å². The van der Waals surface area contributed by atoms with Gasteiger partial charge in [0.1, 0.15) is 52.9 Å². The normalized spacial score (nSPS) is 12.2. The van der Waals surface area contributed by atoms with E-state index < -0.39 is 43.2 Å². The molecule has 4 unspecified atom stereocenters. The molecule has 696 valence electrons. The Morgan fingerprint density at radius 3 is 1.09 bits per heavy atom.